The third kappa shape index (κ3) is 2.89. The molecule has 3 saturated heterocycles. The molecule has 4 atom stereocenters. The number of hydrogen-bond acceptors (Lipinski definition) is 4. The number of fused-ring (bicyclic) bond motifs is 4. The molecule has 1 amide bonds. The number of nitrogens with zero attached hydrogens (tertiary/aromatic N) is 2. The van der Waals surface area contributed by atoms with E-state index < -0.39 is 0 Å². The van der Waals surface area contributed by atoms with Gasteiger partial charge in [-0.3, -0.25) is 14.5 Å². The Kier molecular flexibility index (Phi) is 4.65. The van der Waals surface area contributed by atoms with E-state index in [1.54, 1.807) is 0 Å². The fourth-order valence-electron chi connectivity index (χ4n) is 5.60. The van der Waals surface area contributed by atoms with Gasteiger partial charge in [0.05, 0.1) is 6.61 Å². The van der Waals surface area contributed by atoms with Crippen molar-refractivity contribution in [3.8, 4) is 0 Å². The summed E-state index contributed by atoms with van der Waals surface area (Å²) in [5, 5.41) is 10.0. The molecule has 2 bridgehead atoms. The quantitative estimate of drug-likeness (QED) is 0.834. The number of carbonyl (C=O) groups is 1. The number of nitrogens with one attached hydrogen (secondary N) is 1. The Bertz CT molecular complexity index is 745. The second-order valence-electron chi connectivity index (χ2n) is 8.36. The Morgan fingerprint density at radius 2 is 2.04 bits per heavy atom. The van der Waals surface area contributed by atoms with E-state index in [2.05, 4.69) is 9.88 Å². The van der Waals surface area contributed by atoms with E-state index in [9.17, 15) is 14.7 Å². The van der Waals surface area contributed by atoms with Crippen LogP contribution >= 0.6 is 0 Å². The largest absolute Gasteiger partial charge is 0.395 e. The van der Waals surface area contributed by atoms with Crippen LogP contribution in [0.15, 0.2) is 10.9 Å². The standard InChI is InChI=1S/C20H29N3O3/c1-12-7-13(2)21-19(25)18(12)20(26)22-9-14-8-15(10-22)17(11-24)23-6-4-3-5-16(14)23/h7,14-17,24H,3-6,8-11H2,1-2H3,(H,21,25)/t14-,15+,16+,17+/m1/s1. The number of aliphatic hydroxyl groups is 1. The summed E-state index contributed by atoms with van der Waals surface area (Å²) in [6.07, 6.45) is 4.66. The number of likely N-dealkylation sites (tertiary alicyclic amines) is 1. The normalized spacial score (nSPS) is 31.6. The number of amides is 1. The molecule has 6 heteroatoms. The minimum atomic E-state index is -0.291. The summed E-state index contributed by atoms with van der Waals surface area (Å²) < 4.78 is 0. The van der Waals surface area contributed by atoms with Gasteiger partial charge in [-0.25, -0.2) is 0 Å². The molecule has 1 aromatic rings. The molecule has 0 radical (unpaired) electrons. The number of hydrogen-bond donors (Lipinski definition) is 2. The van der Waals surface area contributed by atoms with Crippen LogP contribution in [0.1, 0.15) is 47.3 Å². The molecule has 3 aliphatic rings. The maximum Gasteiger partial charge on any atom is 0.261 e. The van der Waals surface area contributed by atoms with Crippen molar-refractivity contribution in [2.24, 2.45) is 11.8 Å². The van der Waals surface area contributed by atoms with Crippen LogP contribution in [0.2, 0.25) is 0 Å². The van der Waals surface area contributed by atoms with Crippen LogP contribution in [0, 0.1) is 25.7 Å². The lowest BCUT2D eigenvalue weighted by Gasteiger charge is -2.56. The summed E-state index contributed by atoms with van der Waals surface area (Å²) >= 11 is 0. The summed E-state index contributed by atoms with van der Waals surface area (Å²) in [6, 6.07) is 2.47. The Morgan fingerprint density at radius 1 is 1.27 bits per heavy atom. The molecule has 6 nitrogen and oxygen atoms in total. The summed E-state index contributed by atoms with van der Waals surface area (Å²) in [4.78, 5) is 32.7. The van der Waals surface area contributed by atoms with Gasteiger partial charge in [-0.15, -0.1) is 0 Å². The van der Waals surface area contributed by atoms with E-state index in [1.165, 1.54) is 12.8 Å². The van der Waals surface area contributed by atoms with Crippen LogP contribution in [-0.4, -0.2) is 64.1 Å². The fraction of sp³-hybridized carbons (Fsp3) is 0.700. The van der Waals surface area contributed by atoms with Crippen molar-refractivity contribution < 1.29 is 9.90 Å². The molecular formula is C20H29N3O3. The molecule has 4 heterocycles. The van der Waals surface area contributed by atoms with Crippen molar-refractivity contribution in [2.45, 2.75) is 51.6 Å². The lowest BCUT2D eigenvalue weighted by Crippen LogP contribution is -2.65. The molecule has 3 fully saturated rings. The molecule has 0 spiro atoms. The molecule has 142 valence electrons. The molecule has 26 heavy (non-hydrogen) atoms. The topological polar surface area (TPSA) is 76.6 Å². The lowest BCUT2D eigenvalue weighted by atomic mass is 9.72. The number of H-pyrrole nitrogens is 1. The Labute approximate surface area is 154 Å². The highest BCUT2D eigenvalue weighted by Gasteiger charge is 2.47. The van der Waals surface area contributed by atoms with Gasteiger partial charge >= 0.3 is 0 Å². The zero-order valence-corrected chi connectivity index (χ0v) is 15.7. The first-order valence-electron chi connectivity index (χ1n) is 9.86. The van der Waals surface area contributed by atoms with Gasteiger partial charge in [-0.2, -0.15) is 0 Å². The molecule has 0 aliphatic carbocycles. The zero-order chi connectivity index (χ0) is 18.4. The second kappa shape index (κ2) is 6.82. The SMILES string of the molecule is Cc1cc(C)c(C(=O)N2C[C@H]3C[C@@H](C2)[C@H](CO)N2CCCC[C@@H]32)c(=O)[nH]1. The van der Waals surface area contributed by atoms with Crippen LogP contribution in [-0.2, 0) is 0 Å². The molecule has 1 aromatic heterocycles. The van der Waals surface area contributed by atoms with Crippen molar-refractivity contribution in [2.75, 3.05) is 26.2 Å². The molecule has 0 saturated carbocycles. The van der Waals surface area contributed by atoms with E-state index in [0.717, 1.165) is 37.2 Å². The number of piperidine rings is 3. The molecule has 3 aliphatic heterocycles. The highest BCUT2D eigenvalue weighted by atomic mass is 16.3. The van der Waals surface area contributed by atoms with Crippen molar-refractivity contribution in [3.05, 3.63) is 33.2 Å². The van der Waals surface area contributed by atoms with Gasteiger partial charge < -0.3 is 15.0 Å². The Balaban J connectivity index is 1.62. The van der Waals surface area contributed by atoms with Gasteiger partial charge in [0.2, 0.25) is 0 Å². The average molecular weight is 359 g/mol. The number of carbonyl (C=O) groups excluding carboxylic acids is 1. The molecule has 2 N–H and O–H groups in total. The second-order valence-corrected chi connectivity index (χ2v) is 8.36. The molecule has 0 unspecified atom stereocenters. The number of aromatic nitrogens is 1. The minimum absolute atomic E-state index is 0.143. The maximum absolute atomic E-state index is 13.2. The molecule has 4 rings (SSSR count). The van der Waals surface area contributed by atoms with E-state index in [-0.39, 0.29) is 29.7 Å². The summed E-state index contributed by atoms with van der Waals surface area (Å²) in [7, 11) is 0. The fourth-order valence-corrected chi connectivity index (χ4v) is 5.60. The smallest absolute Gasteiger partial charge is 0.261 e. The van der Waals surface area contributed by atoms with Crippen molar-refractivity contribution in [1.29, 1.82) is 0 Å². The average Bonchev–Trinajstić information content (AvgIpc) is 2.61. The Hall–Kier alpha value is -1.66. The minimum Gasteiger partial charge on any atom is -0.395 e. The molecule has 0 aromatic carbocycles. The third-order valence-corrected chi connectivity index (χ3v) is 6.68. The van der Waals surface area contributed by atoms with Crippen LogP contribution in [0.5, 0.6) is 0 Å². The first kappa shape index (κ1) is 17.7. The summed E-state index contributed by atoms with van der Waals surface area (Å²) in [5.41, 5.74) is 1.50. The number of aromatic amines is 1. The van der Waals surface area contributed by atoms with Gasteiger partial charge in [0.1, 0.15) is 5.56 Å². The van der Waals surface area contributed by atoms with Gasteiger partial charge in [0, 0.05) is 30.9 Å². The van der Waals surface area contributed by atoms with E-state index >= 15 is 0 Å². The summed E-state index contributed by atoms with van der Waals surface area (Å²) in [5.74, 6) is 0.590. The number of rotatable bonds is 2. The van der Waals surface area contributed by atoms with Crippen LogP contribution in [0.3, 0.4) is 0 Å². The Morgan fingerprint density at radius 3 is 2.77 bits per heavy atom. The predicted octanol–water partition coefficient (Wildman–Crippen LogP) is 1.30. The number of pyridine rings is 1. The van der Waals surface area contributed by atoms with Crippen molar-refractivity contribution >= 4 is 5.91 Å². The highest BCUT2D eigenvalue weighted by molar-refractivity contribution is 5.95. The van der Waals surface area contributed by atoms with Crippen molar-refractivity contribution in [3.63, 3.8) is 0 Å². The lowest BCUT2D eigenvalue weighted by molar-refractivity contribution is -0.0795. The summed E-state index contributed by atoms with van der Waals surface area (Å²) in [6.45, 7) is 6.24. The third-order valence-electron chi connectivity index (χ3n) is 6.68. The first-order valence-corrected chi connectivity index (χ1v) is 9.86. The van der Waals surface area contributed by atoms with Gasteiger partial charge in [0.15, 0.2) is 0 Å². The number of aryl methyl sites for hydroxylation is 2. The monoisotopic (exact) mass is 359 g/mol. The van der Waals surface area contributed by atoms with Crippen molar-refractivity contribution in [1.82, 2.24) is 14.8 Å². The van der Waals surface area contributed by atoms with E-state index in [1.807, 2.05) is 24.8 Å². The van der Waals surface area contributed by atoms with Crippen LogP contribution in [0.25, 0.3) is 0 Å². The zero-order valence-electron chi connectivity index (χ0n) is 15.7. The van der Waals surface area contributed by atoms with E-state index in [4.69, 9.17) is 0 Å². The highest BCUT2D eigenvalue weighted by Crippen LogP contribution is 2.41. The van der Waals surface area contributed by atoms with Crippen LogP contribution in [0.4, 0.5) is 0 Å². The van der Waals surface area contributed by atoms with E-state index in [0.29, 0.717) is 24.4 Å². The maximum atomic E-state index is 13.2. The predicted molar refractivity (Wildman–Crippen MR) is 99.3 cm³/mol. The van der Waals surface area contributed by atoms with Crippen LogP contribution < -0.4 is 5.56 Å². The first-order chi connectivity index (χ1) is 12.5. The number of aliphatic hydroxyl groups excluding tert-OH is 1. The molecular weight excluding hydrogens is 330 g/mol. The van der Waals surface area contributed by atoms with Gasteiger partial charge in [-0.05, 0) is 63.1 Å². The van der Waals surface area contributed by atoms with Gasteiger partial charge in [0.25, 0.3) is 11.5 Å². The van der Waals surface area contributed by atoms with Gasteiger partial charge in [-0.1, -0.05) is 6.42 Å².